The molecule has 3 rings (SSSR count). The van der Waals surface area contributed by atoms with Gasteiger partial charge in [0.2, 0.25) is 0 Å². The number of thiophene rings is 1. The monoisotopic (exact) mass is 278 g/mol. The van der Waals surface area contributed by atoms with E-state index in [1.165, 1.54) is 31.7 Å². The molecule has 0 atom stereocenters. The highest BCUT2D eigenvalue weighted by Gasteiger charge is 2.07. The van der Waals surface area contributed by atoms with Crippen LogP contribution in [0.3, 0.4) is 0 Å². The summed E-state index contributed by atoms with van der Waals surface area (Å²) < 4.78 is 1.34. The van der Waals surface area contributed by atoms with E-state index in [1.54, 1.807) is 0 Å². The number of fused-ring (bicyclic) bond motifs is 1. The van der Waals surface area contributed by atoms with Crippen molar-refractivity contribution < 1.29 is 0 Å². The minimum absolute atomic E-state index is 1.27. The summed E-state index contributed by atoms with van der Waals surface area (Å²) in [6, 6.07) is 17.2. The molecule has 0 saturated heterocycles. The van der Waals surface area contributed by atoms with Crippen molar-refractivity contribution >= 4 is 27.5 Å². The second kappa shape index (κ2) is 6.36. The van der Waals surface area contributed by atoms with Crippen molar-refractivity contribution in [2.45, 2.75) is 6.92 Å². The lowest BCUT2D eigenvalue weighted by atomic mass is 10.0. The van der Waals surface area contributed by atoms with Crippen molar-refractivity contribution in [2.75, 3.05) is 0 Å². The van der Waals surface area contributed by atoms with Crippen LogP contribution in [0.1, 0.15) is 10.4 Å². The summed E-state index contributed by atoms with van der Waals surface area (Å²) in [7, 11) is 0. The molecule has 1 aromatic heterocycles. The van der Waals surface area contributed by atoms with E-state index in [0.29, 0.717) is 0 Å². The van der Waals surface area contributed by atoms with Crippen LogP contribution in [-0.4, -0.2) is 0 Å². The first-order chi connectivity index (χ1) is 9.79. The molecule has 0 aliphatic carbocycles. The Morgan fingerprint density at radius 1 is 0.950 bits per heavy atom. The molecular formula is C19H18S. The molecule has 0 amide bonds. The normalized spacial score (nSPS) is 9.85. The number of hydrogen-bond acceptors (Lipinski definition) is 1. The Morgan fingerprint density at radius 3 is 2.30 bits per heavy atom. The van der Waals surface area contributed by atoms with E-state index in [9.17, 15) is 0 Å². The molecule has 20 heavy (non-hydrogen) atoms. The third-order valence-electron chi connectivity index (χ3n) is 3.27. The molecule has 0 aliphatic rings. The summed E-state index contributed by atoms with van der Waals surface area (Å²) in [4.78, 5) is 1.27. The maximum Gasteiger partial charge on any atom is 0.0358 e. The average molecular weight is 278 g/mol. The topological polar surface area (TPSA) is 0 Å². The van der Waals surface area contributed by atoms with E-state index < -0.39 is 0 Å². The highest BCUT2D eigenvalue weighted by Crippen LogP contribution is 2.34. The third-order valence-corrected chi connectivity index (χ3v) is 4.52. The van der Waals surface area contributed by atoms with E-state index in [-0.39, 0.29) is 0 Å². The van der Waals surface area contributed by atoms with Gasteiger partial charge in [0.25, 0.3) is 0 Å². The molecule has 0 unspecified atom stereocenters. The fourth-order valence-electron chi connectivity index (χ4n) is 2.25. The van der Waals surface area contributed by atoms with Gasteiger partial charge in [-0.2, -0.15) is 0 Å². The quantitative estimate of drug-likeness (QED) is 0.481. The van der Waals surface area contributed by atoms with E-state index in [2.05, 4.69) is 69.1 Å². The molecule has 0 spiro atoms. The molecular weight excluding hydrogens is 260 g/mol. The highest BCUT2D eigenvalue weighted by atomic mass is 32.1. The van der Waals surface area contributed by atoms with Crippen LogP contribution in [-0.2, 0) is 0 Å². The van der Waals surface area contributed by atoms with Crippen LogP contribution in [0.5, 0.6) is 0 Å². The largest absolute Gasteiger partial charge is 0.136 e. The van der Waals surface area contributed by atoms with Crippen LogP contribution >= 0.6 is 11.3 Å². The Bertz CT molecular complexity index is 720. The SMILES string of the molecule is C=C.C=Cc1sc2cc(-c3ccccc3)ccc2c1C. The zero-order valence-electron chi connectivity index (χ0n) is 11.7. The molecule has 0 radical (unpaired) electrons. The van der Waals surface area contributed by atoms with Gasteiger partial charge in [-0.25, -0.2) is 0 Å². The van der Waals surface area contributed by atoms with Crippen molar-refractivity contribution in [3.05, 3.63) is 78.7 Å². The molecule has 0 saturated carbocycles. The van der Waals surface area contributed by atoms with Gasteiger partial charge in [-0.15, -0.1) is 24.5 Å². The smallest absolute Gasteiger partial charge is 0.0358 e. The van der Waals surface area contributed by atoms with Gasteiger partial charge >= 0.3 is 0 Å². The van der Waals surface area contributed by atoms with Gasteiger partial charge in [-0.1, -0.05) is 55.1 Å². The van der Waals surface area contributed by atoms with Crippen molar-refractivity contribution in [2.24, 2.45) is 0 Å². The average Bonchev–Trinajstić information content (AvgIpc) is 2.86. The predicted octanol–water partition coefficient (Wildman–Crippen LogP) is 6.32. The molecule has 100 valence electrons. The van der Waals surface area contributed by atoms with Gasteiger partial charge in [0.1, 0.15) is 0 Å². The van der Waals surface area contributed by atoms with Crippen LogP contribution in [0.15, 0.2) is 68.3 Å². The summed E-state index contributed by atoms with van der Waals surface area (Å²) >= 11 is 1.81. The van der Waals surface area contributed by atoms with Gasteiger partial charge in [0.05, 0.1) is 0 Å². The van der Waals surface area contributed by atoms with Crippen LogP contribution < -0.4 is 0 Å². The van der Waals surface area contributed by atoms with Crippen molar-refractivity contribution in [1.29, 1.82) is 0 Å². The minimum atomic E-state index is 1.27. The second-order valence-electron chi connectivity index (χ2n) is 4.37. The first-order valence-corrected chi connectivity index (χ1v) is 7.32. The molecule has 1 heterocycles. The number of rotatable bonds is 2. The van der Waals surface area contributed by atoms with Gasteiger partial charge in [0.15, 0.2) is 0 Å². The first kappa shape index (κ1) is 14.3. The van der Waals surface area contributed by atoms with Gasteiger partial charge in [0, 0.05) is 9.58 Å². The Kier molecular flexibility index (Phi) is 4.54. The van der Waals surface area contributed by atoms with Crippen LogP contribution in [0.2, 0.25) is 0 Å². The van der Waals surface area contributed by atoms with Gasteiger partial charge in [-0.05, 0) is 35.1 Å². The highest BCUT2D eigenvalue weighted by molar-refractivity contribution is 7.20. The van der Waals surface area contributed by atoms with E-state index in [4.69, 9.17) is 0 Å². The molecule has 3 aromatic rings. The summed E-state index contributed by atoms with van der Waals surface area (Å²) in [5.41, 5.74) is 3.88. The minimum Gasteiger partial charge on any atom is -0.136 e. The summed E-state index contributed by atoms with van der Waals surface area (Å²) in [6.45, 7) is 12.0. The van der Waals surface area contributed by atoms with E-state index in [1.807, 2.05) is 23.5 Å². The van der Waals surface area contributed by atoms with Gasteiger partial charge in [-0.3, -0.25) is 0 Å². The second-order valence-corrected chi connectivity index (χ2v) is 5.46. The zero-order chi connectivity index (χ0) is 14.5. The molecule has 0 bridgehead atoms. The molecule has 0 aliphatic heterocycles. The first-order valence-electron chi connectivity index (χ1n) is 6.50. The lowest BCUT2D eigenvalue weighted by Gasteiger charge is -2.01. The third kappa shape index (κ3) is 2.59. The standard InChI is InChI=1S/C17H14S.C2H4/c1-3-16-12(2)15-10-9-14(11-17(15)18-16)13-7-5-4-6-8-13;1-2/h3-11H,1H2,2H3;1-2H2. The Morgan fingerprint density at radius 2 is 1.65 bits per heavy atom. The molecule has 0 N–H and O–H groups in total. The predicted molar refractivity (Wildman–Crippen MR) is 93.3 cm³/mol. The van der Waals surface area contributed by atoms with E-state index >= 15 is 0 Å². The summed E-state index contributed by atoms with van der Waals surface area (Å²) in [5.74, 6) is 0. The van der Waals surface area contributed by atoms with Gasteiger partial charge < -0.3 is 0 Å². The maximum atomic E-state index is 3.88. The van der Waals surface area contributed by atoms with Crippen molar-refractivity contribution in [1.82, 2.24) is 0 Å². The fourth-order valence-corrected chi connectivity index (χ4v) is 3.35. The van der Waals surface area contributed by atoms with Crippen LogP contribution in [0.4, 0.5) is 0 Å². The number of benzene rings is 2. The Balaban J connectivity index is 0.000000704. The summed E-state index contributed by atoms with van der Waals surface area (Å²) in [5, 5.41) is 1.34. The molecule has 0 nitrogen and oxygen atoms in total. The molecule has 0 fully saturated rings. The lowest BCUT2D eigenvalue weighted by molar-refractivity contribution is 1.57. The van der Waals surface area contributed by atoms with Crippen molar-refractivity contribution in [3.8, 4) is 11.1 Å². The zero-order valence-corrected chi connectivity index (χ0v) is 12.5. The number of hydrogen-bond donors (Lipinski definition) is 0. The summed E-state index contributed by atoms with van der Waals surface area (Å²) in [6.07, 6.45) is 1.95. The Labute approximate surface area is 124 Å². The lowest BCUT2D eigenvalue weighted by Crippen LogP contribution is -1.76. The fraction of sp³-hybridized carbons (Fsp3) is 0.0526. The Hall–Kier alpha value is -2.12. The van der Waals surface area contributed by atoms with Crippen LogP contribution in [0.25, 0.3) is 27.3 Å². The maximum absolute atomic E-state index is 3.88. The molecule has 2 aromatic carbocycles. The molecule has 1 heteroatoms. The number of aryl methyl sites for hydroxylation is 1. The van der Waals surface area contributed by atoms with Crippen LogP contribution in [0, 0.1) is 6.92 Å². The van der Waals surface area contributed by atoms with Crippen molar-refractivity contribution in [3.63, 3.8) is 0 Å². The van der Waals surface area contributed by atoms with E-state index in [0.717, 1.165) is 0 Å².